The van der Waals surface area contributed by atoms with Gasteiger partial charge in [0.15, 0.2) is 5.69 Å². The first kappa shape index (κ1) is 26.1. The topological polar surface area (TPSA) is 67.2 Å². The summed E-state index contributed by atoms with van der Waals surface area (Å²) in [6.45, 7) is 3.23. The number of nitrogens with one attached hydrogen (secondary N) is 1. The molecule has 6 nitrogen and oxygen atoms in total. The number of aromatic nitrogens is 2. The molecule has 1 aliphatic carbocycles. The van der Waals surface area contributed by atoms with Crippen LogP contribution in [-0.2, 0) is 4.79 Å². The van der Waals surface area contributed by atoms with Crippen molar-refractivity contribution in [1.29, 1.82) is 0 Å². The highest BCUT2D eigenvalue weighted by Gasteiger charge is 2.31. The molecule has 1 aromatic heterocycles. The maximum absolute atomic E-state index is 13.4. The number of rotatable bonds is 5. The summed E-state index contributed by atoms with van der Waals surface area (Å²) in [4.78, 5) is 28.2. The molecular weight excluding hydrogens is 531 g/mol. The minimum Gasteiger partial charge on any atom is -0.348 e. The van der Waals surface area contributed by atoms with Gasteiger partial charge in [-0.05, 0) is 62.9 Å². The third-order valence-corrected chi connectivity index (χ3v) is 8.23. The van der Waals surface area contributed by atoms with Gasteiger partial charge in [0.2, 0.25) is 5.91 Å². The van der Waals surface area contributed by atoms with E-state index in [0.29, 0.717) is 39.5 Å². The van der Waals surface area contributed by atoms with Gasteiger partial charge in [0.1, 0.15) is 0 Å². The number of hydrogen-bond acceptors (Lipinski definition) is 3. The highest BCUT2D eigenvalue weighted by Crippen LogP contribution is 2.33. The normalized spacial score (nSPS) is 16.8. The second-order valence-electron chi connectivity index (χ2n) is 9.89. The van der Waals surface area contributed by atoms with Crippen LogP contribution in [0.25, 0.3) is 16.9 Å². The first-order valence-corrected chi connectivity index (χ1v) is 13.9. The van der Waals surface area contributed by atoms with Gasteiger partial charge in [0.25, 0.3) is 5.91 Å². The van der Waals surface area contributed by atoms with E-state index >= 15 is 0 Å². The molecule has 0 unspecified atom stereocenters. The van der Waals surface area contributed by atoms with Crippen molar-refractivity contribution >= 4 is 46.6 Å². The van der Waals surface area contributed by atoms with Crippen LogP contribution in [0, 0.1) is 12.8 Å². The Morgan fingerprint density at radius 3 is 2.22 bits per heavy atom. The number of likely N-dealkylation sites (tertiary alicyclic amines) is 1. The van der Waals surface area contributed by atoms with E-state index in [1.807, 2.05) is 24.0 Å². The molecule has 0 bridgehead atoms. The number of benzene rings is 2. The molecule has 2 aliphatic rings. The summed E-state index contributed by atoms with van der Waals surface area (Å²) >= 11 is 18.8. The third kappa shape index (κ3) is 5.52. The van der Waals surface area contributed by atoms with Gasteiger partial charge in [-0.3, -0.25) is 9.59 Å². The number of carbonyl (C=O) groups is 2. The molecule has 9 heteroatoms. The molecule has 1 N–H and O–H groups in total. The van der Waals surface area contributed by atoms with E-state index in [2.05, 4.69) is 5.32 Å². The number of halogens is 3. The standard InChI is InChI=1S/C28H29Cl3N4O2/c1-17-25(27(36)32-22-12-14-34(15-13-22)28(37)19-4-2-3-5-19)33-35(24-11-10-21(30)16-23(24)31)26(17)18-6-8-20(29)9-7-18/h6-11,16,19,22H,2-5,12-15H2,1H3,(H,32,36). The first-order chi connectivity index (χ1) is 17.8. The Morgan fingerprint density at radius 2 is 1.57 bits per heavy atom. The Bertz CT molecular complexity index is 1310. The van der Waals surface area contributed by atoms with Crippen molar-refractivity contribution in [2.75, 3.05) is 13.1 Å². The van der Waals surface area contributed by atoms with Gasteiger partial charge >= 0.3 is 0 Å². The smallest absolute Gasteiger partial charge is 0.272 e. The molecule has 5 rings (SSSR count). The van der Waals surface area contributed by atoms with Gasteiger partial charge in [-0.1, -0.05) is 59.8 Å². The van der Waals surface area contributed by atoms with E-state index in [1.165, 1.54) is 0 Å². The molecule has 2 heterocycles. The molecule has 0 spiro atoms. The minimum atomic E-state index is -0.239. The van der Waals surface area contributed by atoms with Gasteiger partial charge in [-0.25, -0.2) is 4.68 Å². The number of amides is 2. The van der Waals surface area contributed by atoms with E-state index in [4.69, 9.17) is 39.9 Å². The lowest BCUT2D eigenvalue weighted by molar-refractivity contribution is -0.136. The van der Waals surface area contributed by atoms with Crippen LogP contribution in [0.5, 0.6) is 0 Å². The molecule has 37 heavy (non-hydrogen) atoms. The van der Waals surface area contributed by atoms with Gasteiger partial charge in [0.05, 0.1) is 16.4 Å². The van der Waals surface area contributed by atoms with Crippen LogP contribution in [-0.4, -0.2) is 45.6 Å². The van der Waals surface area contributed by atoms with Crippen molar-refractivity contribution in [3.05, 3.63) is 68.8 Å². The average molecular weight is 560 g/mol. The van der Waals surface area contributed by atoms with Crippen LogP contribution in [0.4, 0.5) is 0 Å². The summed E-state index contributed by atoms with van der Waals surface area (Å²) in [5.74, 6) is 0.227. The molecule has 194 valence electrons. The highest BCUT2D eigenvalue weighted by atomic mass is 35.5. The summed E-state index contributed by atoms with van der Waals surface area (Å²) in [6.07, 6.45) is 5.77. The summed E-state index contributed by atoms with van der Waals surface area (Å²) in [7, 11) is 0. The molecule has 0 atom stereocenters. The first-order valence-electron chi connectivity index (χ1n) is 12.7. The molecule has 3 aromatic rings. The zero-order chi connectivity index (χ0) is 26.1. The monoisotopic (exact) mass is 558 g/mol. The minimum absolute atomic E-state index is 0.0113. The summed E-state index contributed by atoms with van der Waals surface area (Å²) in [6, 6.07) is 12.6. The maximum atomic E-state index is 13.4. The van der Waals surface area contributed by atoms with Gasteiger partial charge < -0.3 is 10.2 Å². The molecule has 2 fully saturated rings. The van der Waals surface area contributed by atoms with Gasteiger partial charge in [0, 0.05) is 46.2 Å². The SMILES string of the molecule is Cc1c(C(=O)NC2CCN(C(=O)C3CCCC3)CC2)nn(-c2ccc(Cl)cc2Cl)c1-c1ccc(Cl)cc1. The molecule has 2 aromatic carbocycles. The number of piperidine rings is 1. The Balaban J connectivity index is 1.38. The van der Waals surface area contributed by atoms with Crippen molar-refractivity contribution in [2.45, 2.75) is 51.5 Å². The van der Waals surface area contributed by atoms with Crippen LogP contribution in [0.3, 0.4) is 0 Å². The summed E-state index contributed by atoms with van der Waals surface area (Å²) < 4.78 is 1.69. The van der Waals surface area contributed by atoms with Crippen LogP contribution in [0.15, 0.2) is 42.5 Å². The molecule has 1 aliphatic heterocycles. The van der Waals surface area contributed by atoms with Crippen molar-refractivity contribution in [3.8, 4) is 16.9 Å². The Morgan fingerprint density at radius 1 is 0.919 bits per heavy atom. The Hall–Kier alpha value is -2.54. The summed E-state index contributed by atoms with van der Waals surface area (Å²) in [5, 5.41) is 9.42. The fraction of sp³-hybridized carbons (Fsp3) is 0.393. The second-order valence-corrected chi connectivity index (χ2v) is 11.2. The molecular formula is C28H29Cl3N4O2. The predicted molar refractivity (Wildman–Crippen MR) is 148 cm³/mol. The number of carbonyl (C=O) groups excluding carboxylic acids is 2. The van der Waals surface area contributed by atoms with E-state index in [1.54, 1.807) is 35.0 Å². The van der Waals surface area contributed by atoms with Crippen molar-refractivity contribution < 1.29 is 9.59 Å². The van der Waals surface area contributed by atoms with Crippen molar-refractivity contribution in [1.82, 2.24) is 20.0 Å². The maximum Gasteiger partial charge on any atom is 0.272 e. The Kier molecular flexibility index (Phi) is 7.80. The fourth-order valence-corrected chi connectivity index (χ4v) is 6.03. The van der Waals surface area contributed by atoms with E-state index in [-0.39, 0.29) is 23.8 Å². The fourth-order valence-electron chi connectivity index (χ4n) is 5.41. The van der Waals surface area contributed by atoms with E-state index in [9.17, 15) is 9.59 Å². The van der Waals surface area contributed by atoms with Crippen LogP contribution >= 0.6 is 34.8 Å². The predicted octanol–water partition coefficient (Wildman–Crippen LogP) is 6.72. The lowest BCUT2D eigenvalue weighted by Crippen LogP contribution is -2.48. The zero-order valence-corrected chi connectivity index (χ0v) is 22.9. The molecule has 2 amide bonds. The van der Waals surface area contributed by atoms with Gasteiger partial charge in [-0.2, -0.15) is 5.10 Å². The quantitative estimate of drug-likeness (QED) is 0.377. The zero-order valence-electron chi connectivity index (χ0n) is 20.6. The molecule has 0 radical (unpaired) electrons. The average Bonchev–Trinajstić information content (AvgIpc) is 3.53. The lowest BCUT2D eigenvalue weighted by Gasteiger charge is -2.33. The number of hydrogen-bond donors (Lipinski definition) is 1. The van der Waals surface area contributed by atoms with Crippen molar-refractivity contribution in [3.63, 3.8) is 0 Å². The summed E-state index contributed by atoms with van der Waals surface area (Å²) in [5.41, 5.74) is 3.30. The lowest BCUT2D eigenvalue weighted by atomic mass is 10.0. The number of nitrogens with zero attached hydrogens (tertiary/aromatic N) is 3. The molecule has 1 saturated carbocycles. The van der Waals surface area contributed by atoms with E-state index in [0.717, 1.165) is 55.3 Å². The van der Waals surface area contributed by atoms with Crippen LogP contribution < -0.4 is 5.32 Å². The van der Waals surface area contributed by atoms with E-state index < -0.39 is 0 Å². The van der Waals surface area contributed by atoms with Crippen LogP contribution in [0.2, 0.25) is 15.1 Å². The molecule has 1 saturated heterocycles. The third-order valence-electron chi connectivity index (χ3n) is 7.44. The van der Waals surface area contributed by atoms with Crippen LogP contribution in [0.1, 0.15) is 54.6 Å². The van der Waals surface area contributed by atoms with Gasteiger partial charge in [-0.15, -0.1) is 0 Å². The highest BCUT2D eigenvalue weighted by molar-refractivity contribution is 6.35. The Labute approximate surface area is 231 Å². The second kappa shape index (κ2) is 11.1. The largest absolute Gasteiger partial charge is 0.348 e. The van der Waals surface area contributed by atoms with Crippen molar-refractivity contribution in [2.24, 2.45) is 5.92 Å².